The van der Waals surface area contributed by atoms with Crippen LogP contribution in [0, 0.1) is 0 Å². The first kappa shape index (κ1) is 13.1. The maximum Gasteiger partial charge on any atom is 0.0674 e. The molecule has 2 N–H and O–H groups in total. The summed E-state index contributed by atoms with van der Waals surface area (Å²) in [6.07, 6.45) is 3.34. The van der Waals surface area contributed by atoms with Crippen LogP contribution in [0.15, 0.2) is 35.9 Å². The Balaban J connectivity index is 2.14. The third kappa shape index (κ3) is 2.92. The van der Waals surface area contributed by atoms with Gasteiger partial charge in [0, 0.05) is 31.9 Å². The van der Waals surface area contributed by atoms with E-state index >= 15 is 0 Å². The van der Waals surface area contributed by atoms with Crippen molar-refractivity contribution in [1.29, 1.82) is 0 Å². The molecule has 0 amide bonds. The molecule has 1 heterocycles. The second-order valence-corrected chi connectivity index (χ2v) is 4.84. The number of hydrogen-bond acceptors (Lipinski definition) is 3. The van der Waals surface area contributed by atoms with Crippen LogP contribution < -0.4 is 10.6 Å². The Morgan fingerprint density at radius 3 is 2.78 bits per heavy atom. The van der Waals surface area contributed by atoms with Crippen LogP contribution in [0.1, 0.15) is 24.9 Å². The van der Waals surface area contributed by atoms with E-state index in [0.717, 1.165) is 26.1 Å². The Labute approximate surface area is 109 Å². The normalized spacial score (nSPS) is 17.5. The van der Waals surface area contributed by atoms with E-state index in [0.29, 0.717) is 0 Å². The first-order valence-corrected chi connectivity index (χ1v) is 6.48. The predicted octanol–water partition coefficient (Wildman–Crippen LogP) is 2.49. The van der Waals surface area contributed by atoms with Gasteiger partial charge in [0.1, 0.15) is 0 Å². The van der Waals surface area contributed by atoms with Crippen LogP contribution in [0.4, 0.5) is 5.69 Å². The van der Waals surface area contributed by atoms with Gasteiger partial charge >= 0.3 is 0 Å². The highest BCUT2D eigenvalue weighted by Gasteiger charge is 2.16. The van der Waals surface area contributed by atoms with Gasteiger partial charge in [-0.2, -0.15) is 0 Å². The van der Waals surface area contributed by atoms with Gasteiger partial charge in [-0.15, -0.1) is 0 Å². The van der Waals surface area contributed by atoms with Gasteiger partial charge in [-0.05, 0) is 30.5 Å². The first-order valence-electron chi connectivity index (χ1n) is 6.48. The molecular formula is C15H22N2O. The van der Waals surface area contributed by atoms with E-state index in [2.05, 4.69) is 35.2 Å². The zero-order valence-electron chi connectivity index (χ0n) is 11.2. The summed E-state index contributed by atoms with van der Waals surface area (Å²) in [4.78, 5) is 2.39. The fourth-order valence-corrected chi connectivity index (χ4v) is 2.41. The molecule has 0 fully saturated rings. The Bertz CT molecular complexity index is 426. The number of anilines is 1. The molecule has 1 aliphatic heterocycles. The van der Waals surface area contributed by atoms with E-state index in [-0.39, 0.29) is 6.04 Å². The molecule has 1 atom stereocenters. The first-order chi connectivity index (χ1) is 8.72. The van der Waals surface area contributed by atoms with Crippen molar-refractivity contribution < 1.29 is 4.74 Å². The van der Waals surface area contributed by atoms with Crippen molar-refractivity contribution in [1.82, 2.24) is 0 Å². The highest BCUT2D eigenvalue weighted by Crippen LogP contribution is 2.27. The van der Waals surface area contributed by atoms with Gasteiger partial charge in [-0.25, -0.2) is 0 Å². The summed E-state index contributed by atoms with van der Waals surface area (Å²) in [6, 6.07) is 8.49. The minimum atomic E-state index is 0.0746. The average Bonchev–Trinajstić information content (AvgIpc) is 2.40. The van der Waals surface area contributed by atoms with E-state index in [4.69, 9.17) is 10.5 Å². The lowest BCUT2D eigenvalue weighted by Gasteiger charge is -2.30. The van der Waals surface area contributed by atoms with Crippen LogP contribution in [0.5, 0.6) is 0 Å². The fraction of sp³-hybridized carbons (Fsp3) is 0.467. The van der Waals surface area contributed by atoms with Crippen molar-refractivity contribution >= 4 is 5.69 Å². The van der Waals surface area contributed by atoms with Gasteiger partial charge in [-0.3, -0.25) is 0 Å². The van der Waals surface area contributed by atoms with Crippen molar-refractivity contribution in [3.63, 3.8) is 0 Å². The van der Waals surface area contributed by atoms with Gasteiger partial charge < -0.3 is 15.4 Å². The molecule has 1 aromatic rings. The summed E-state index contributed by atoms with van der Waals surface area (Å²) in [7, 11) is 1.75. The van der Waals surface area contributed by atoms with Gasteiger partial charge in [0.2, 0.25) is 0 Å². The second kappa shape index (κ2) is 6.03. The van der Waals surface area contributed by atoms with E-state index in [9.17, 15) is 0 Å². The molecule has 0 radical (unpaired) electrons. The Kier molecular flexibility index (Phi) is 4.39. The minimum Gasteiger partial charge on any atom is -0.380 e. The highest BCUT2D eigenvalue weighted by atomic mass is 16.5. The van der Waals surface area contributed by atoms with Gasteiger partial charge in [-0.1, -0.05) is 24.3 Å². The number of nitrogens with two attached hydrogens (primary N) is 1. The number of rotatable bonds is 4. The van der Waals surface area contributed by atoms with E-state index in [1.54, 1.807) is 7.11 Å². The molecule has 3 heteroatoms. The largest absolute Gasteiger partial charge is 0.380 e. The summed E-state index contributed by atoms with van der Waals surface area (Å²) in [5.74, 6) is 0. The van der Waals surface area contributed by atoms with Crippen molar-refractivity contribution in [2.24, 2.45) is 5.73 Å². The number of benzene rings is 1. The zero-order valence-corrected chi connectivity index (χ0v) is 11.2. The Morgan fingerprint density at radius 1 is 1.39 bits per heavy atom. The molecule has 0 spiro atoms. The van der Waals surface area contributed by atoms with Crippen LogP contribution in [0.3, 0.4) is 0 Å². The highest BCUT2D eigenvalue weighted by molar-refractivity contribution is 5.56. The lowest BCUT2D eigenvalue weighted by Crippen LogP contribution is -2.30. The minimum absolute atomic E-state index is 0.0746. The second-order valence-electron chi connectivity index (χ2n) is 4.84. The number of hydrogen-bond donors (Lipinski definition) is 1. The summed E-state index contributed by atoms with van der Waals surface area (Å²) >= 11 is 0. The van der Waals surface area contributed by atoms with Crippen LogP contribution in [-0.2, 0) is 4.74 Å². The predicted molar refractivity (Wildman–Crippen MR) is 75.8 cm³/mol. The topological polar surface area (TPSA) is 38.5 Å². The lowest BCUT2D eigenvalue weighted by molar-refractivity contribution is 0.222. The maximum atomic E-state index is 6.03. The standard InChI is InChI=1S/C15H22N2O/c1-12(16)14-5-3-4-6-15(14)17-9-7-13(8-10-17)11-18-2/h3-7,12H,8-11,16H2,1-2H3/t12-/m0/s1. The van der Waals surface area contributed by atoms with E-state index < -0.39 is 0 Å². The van der Waals surface area contributed by atoms with Crippen molar-refractivity contribution in [2.75, 3.05) is 31.7 Å². The quantitative estimate of drug-likeness (QED) is 0.830. The van der Waals surface area contributed by atoms with Crippen molar-refractivity contribution in [3.8, 4) is 0 Å². The van der Waals surface area contributed by atoms with Crippen LogP contribution in [0.25, 0.3) is 0 Å². The fourth-order valence-electron chi connectivity index (χ4n) is 2.41. The molecule has 2 rings (SSSR count). The molecule has 18 heavy (non-hydrogen) atoms. The summed E-state index contributed by atoms with van der Waals surface area (Å²) in [5.41, 5.74) is 9.92. The lowest BCUT2D eigenvalue weighted by atomic mass is 10.0. The number of nitrogens with zero attached hydrogens (tertiary/aromatic N) is 1. The molecule has 0 bridgehead atoms. The number of para-hydroxylation sites is 1. The van der Waals surface area contributed by atoms with Crippen LogP contribution in [-0.4, -0.2) is 26.8 Å². The molecule has 1 aromatic carbocycles. The summed E-state index contributed by atoms with van der Waals surface area (Å²) < 4.78 is 5.18. The monoisotopic (exact) mass is 246 g/mol. The van der Waals surface area contributed by atoms with Crippen LogP contribution in [0.2, 0.25) is 0 Å². The molecule has 0 aliphatic carbocycles. The third-order valence-corrected chi connectivity index (χ3v) is 3.40. The van der Waals surface area contributed by atoms with E-state index in [1.807, 2.05) is 6.92 Å². The molecule has 0 saturated heterocycles. The number of ether oxygens (including phenoxy) is 1. The Hall–Kier alpha value is -1.32. The number of methoxy groups -OCH3 is 1. The molecule has 98 valence electrons. The smallest absolute Gasteiger partial charge is 0.0674 e. The average molecular weight is 246 g/mol. The molecule has 1 aliphatic rings. The molecule has 0 unspecified atom stereocenters. The maximum absolute atomic E-state index is 6.03. The zero-order chi connectivity index (χ0) is 13.0. The summed E-state index contributed by atoms with van der Waals surface area (Å²) in [6.45, 7) is 4.78. The van der Waals surface area contributed by atoms with Crippen LogP contribution >= 0.6 is 0 Å². The van der Waals surface area contributed by atoms with Gasteiger partial charge in [0.05, 0.1) is 6.61 Å². The van der Waals surface area contributed by atoms with Crippen molar-refractivity contribution in [3.05, 3.63) is 41.5 Å². The third-order valence-electron chi connectivity index (χ3n) is 3.40. The summed E-state index contributed by atoms with van der Waals surface area (Å²) in [5, 5.41) is 0. The van der Waals surface area contributed by atoms with Crippen molar-refractivity contribution in [2.45, 2.75) is 19.4 Å². The van der Waals surface area contributed by atoms with Gasteiger partial charge in [0.25, 0.3) is 0 Å². The molecular weight excluding hydrogens is 224 g/mol. The molecule has 0 aromatic heterocycles. The molecule has 0 saturated carbocycles. The Morgan fingerprint density at radius 2 is 2.17 bits per heavy atom. The molecule has 3 nitrogen and oxygen atoms in total. The van der Waals surface area contributed by atoms with E-state index in [1.165, 1.54) is 16.8 Å². The van der Waals surface area contributed by atoms with Gasteiger partial charge in [0.15, 0.2) is 0 Å². The SMILES string of the molecule is COCC1=CCN(c2ccccc2[C@H](C)N)CC1.